The SMILES string of the molecule is CC(=O)OC1C=CCCOCCCCCC1. The lowest BCUT2D eigenvalue weighted by Crippen LogP contribution is -2.14. The van der Waals surface area contributed by atoms with Gasteiger partial charge in [-0.2, -0.15) is 0 Å². The van der Waals surface area contributed by atoms with E-state index in [2.05, 4.69) is 6.08 Å². The van der Waals surface area contributed by atoms with E-state index in [1.165, 1.54) is 19.8 Å². The van der Waals surface area contributed by atoms with E-state index >= 15 is 0 Å². The fraction of sp³-hybridized carbons (Fsp3) is 0.769. The van der Waals surface area contributed by atoms with Gasteiger partial charge in [-0.25, -0.2) is 0 Å². The van der Waals surface area contributed by atoms with Crippen LogP contribution in [0.3, 0.4) is 0 Å². The summed E-state index contributed by atoms with van der Waals surface area (Å²) < 4.78 is 10.7. The second kappa shape index (κ2) is 8.34. The maximum Gasteiger partial charge on any atom is 0.303 e. The predicted octanol–water partition coefficient (Wildman–Crippen LogP) is 2.85. The molecule has 0 N–H and O–H groups in total. The maximum atomic E-state index is 10.9. The van der Waals surface area contributed by atoms with Crippen molar-refractivity contribution in [3.05, 3.63) is 12.2 Å². The summed E-state index contributed by atoms with van der Waals surface area (Å²) in [6.07, 6.45) is 10.5. The molecule has 0 amide bonds. The molecular formula is C13H22O3. The smallest absolute Gasteiger partial charge is 0.303 e. The Kier molecular flexibility index (Phi) is 6.90. The molecule has 0 radical (unpaired) electrons. The zero-order chi connectivity index (χ0) is 11.6. The molecule has 1 aliphatic heterocycles. The lowest BCUT2D eigenvalue weighted by Gasteiger charge is -2.13. The summed E-state index contributed by atoms with van der Waals surface area (Å²) in [4.78, 5) is 10.9. The first kappa shape index (κ1) is 13.2. The fourth-order valence-electron chi connectivity index (χ4n) is 1.81. The van der Waals surface area contributed by atoms with Crippen LogP contribution in [0.1, 0.15) is 45.4 Å². The lowest BCUT2D eigenvalue weighted by atomic mass is 10.1. The average molecular weight is 226 g/mol. The van der Waals surface area contributed by atoms with E-state index in [1.807, 2.05) is 6.08 Å². The van der Waals surface area contributed by atoms with E-state index in [1.54, 1.807) is 0 Å². The van der Waals surface area contributed by atoms with Crippen LogP contribution in [0.4, 0.5) is 0 Å². The fourth-order valence-corrected chi connectivity index (χ4v) is 1.81. The molecule has 3 heteroatoms. The zero-order valence-electron chi connectivity index (χ0n) is 10.1. The van der Waals surface area contributed by atoms with Crippen LogP contribution in [-0.4, -0.2) is 25.3 Å². The second-order valence-electron chi connectivity index (χ2n) is 4.18. The quantitative estimate of drug-likeness (QED) is 0.509. The Balaban J connectivity index is 2.38. The Bertz CT molecular complexity index is 223. The summed E-state index contributed by atoms with van der Waals surface area (Å²) in [5, 5.41) is 0. The maximum absolute atomic E-state index is 10.9. The molecule has 0 aromatic rings. The van der Waals surface area contributed by atoms with E-state index in [0.717, 1.165) is 38.9 Å². The monoisotopic (exact) mass is 226 g/mol. The van der Waals surface area contributed by atoms with E-state index in [9.17, 15) is 4.79 Å². The molecular weight excluding hydrogens is 204 g/mol. The van der Waals surface area contributed by atoms with Crippen molar-refractivity contribution >= 4 is 5.97 Å². The topological polar surface area (TPSA) is 35.5 Å². The van der Waals surface area contributed by atoms with Gasteiger partial charge in [-0.3, -0.25) is 4.79 Å². The highest BCUT2D eigenvalue weighted by Gasteiger charge is 2.08. The predicted molar refractivity (Wildman–Crippen MR) is 63.2 cm³/mol. The van der Waals surface area contributed by atoms with Crippen molar-refractivity contribution < 1.29 is 14.3 Å². The first-order valence-electron chi connectivity index (χ1n) is 6.20. The molecule has 0 aliphatic carbocycles. The summed E-state index contributed by atoms with van der Waals surface area (Å²) >= 11 is 0. The van der Waals surface area contributed by atoms with Gasteiger partial charge in [-0.05, 0) is 31.8 Å². The molecule has 0 aromatic carbocycles. The first-order chi connectivity index (χ1) is 7.79. The van der Waals surface area contributed by atoms with Crippen molar-refractivity contribution in [1.29, 1.82) is 0 Å². The molecule has 3 nitrogen and oxygen atoms in total. The first-order valence-corrected chi connectivity index (χ1v) is 6.20. The highest BCUT2D eigenvalue weighted by Crippen LogP contribution is 2.11. The summed E-state index contributed by atoms with van der Waals surface area (Å²) in [6.45, 7) is 3.11. The standard InChI is InChI=1S/C13H22O3/c1-12(14)16-13-8-4-2-3-6-10-15-11-7-5-9-13/h5,9,13H,2-4,6-8,10-11H2,1H3. The van der Waals surface area contributed by atoms with E-state index < -0.39 is 0 Å². The molecule has 1 unspecified atom stereocenters. The van der Waals surface area contributed by atoms with Crippen LogP contribution in [0.2, 0.25) is 0 Å². The molecule has 0 aromatic heterocycles. The highest BCUT2D eigenvalue weighted by atomic mass is 16.5. The number of hydrogen-bond donors (Lipinski definition) is 0. The molecule has 0 fully saturated rings. The van der Waals surface area contributed by atoms with Crippen molar-refractivity contribution in [3.8, 4) is 0 Å². The van der Waals surface area contributed by atoms with E-state index in [-0.39, 0.29) is 12.1 Å². The third-order valence-corrected chi connectivity index (χ3v) is 2.62. The molecule has 0 bridgehead atoms. The number of ether oxygens (including phenoxy) is 2. The van der Waals surface area contributed by atoms with Crippen LogP contribution in [0.5, 0.6) is 0 Å². The van der Waals surface area contributed by atoms with Crippen LogP contribution in [0, 0.1) is 0 Å². The second-order valence-corrected chi connectivity index (χ2v) is 4.18. The Hall–Kier alpha value is -0.830. The molecule has 0 spiro atoms. The van der Waals surface area contributed by atoms with E-state index in [0.29, 0.717) is 0 Å². The van der Waals surface area contributed by atoms with Gasteiger partial charge in [0.05, 0.1) is 6.61 Å². The summed E-state index contributed by atoms with van der Waals surface area (Å²) in [5.41, 5.74) is 0. The molecule has 0 saturated carbocycles. The molecule has 1 atom stereocenters. The van der Waals surface area contributed by atoms with Gasteiger partial charge in [0.15, 0.2) is 0 Å². The van der Waals surface area contributed by atoms with E-state index in [4.69, 9.17) is 9.47 Å². The van der Waals surface area contributed by atoms with Gasteiger partial charge in [-0.15, -0.1) is 0 Å². The summed E-state index contributed by atoms with van der Waals surface area (Å²) in [7, 11) is 0. The van der Waals surface area contributed by atoms with Gasteiger partial charge >= 0.3 is 5.97 Å². The Morgan fingerprint density at radius 1 is 1.25 bits per heavy atom. The Labute approximate surface area is 97.8 Å². The molecule has 1 rings (SSSR count). The van der Waals surface area contributed by atoms with Gasteiger partial charge in [0.2, 0.25) is 0 Å². The molecule has 1 heterocycles. The number of carbonyl (C=O) groups excluding carboxylic acids is 1. The number of hydrogen-bond acceptors (Lipinski definition) is 3. The minimum atomic E-state index is -0.196. The molecule has 1 aliphatic rings. The van der Waals surface area contributed by atoms with Crippen molar-refractivity contribution in [1.82, 2.24) is 0 Å². The van der Waals surface area contributed by atoms with Crippen molar-refractivity contribution in [2.45, 2.75) is 51.6 Å². The Morgan fingerprint density at radius 3 is 2.88 bits per heavy atom. The van der Waals surface area contributed by atoms with Gasteiger partial charge in [-0.1, -0.05) is 18.9 Å². The highest BCUT2D eigenvalue weighted by molar-refractivity contribution is 5.66. The van der Waals surface area contributed by atoms with Crippen molar-refractivity contribution in [2.24, 2.45) is 0 Å². The van der Waals surface area contributed by atoms with Crippen LogP contribution in [0.25, 0.3) is 0 Å². The van der Waals surface area contributed by atoms with Gasteiger partial charge in [0.25, 0.3) is 0 Å². The minimum Gasteiger partial charge on any atom is -0.458 e. The van der Waals surface area contributed by atoms with Gasteiger partial charge < -0.3 is 9.47 Å². The van der Waals surface area contributed by atoms with Crippen molar-refractivity contribution in [3.63, 3.8) is 0 Å². The average Bonchev–Trinajstić information content (AvgIpc) is 2.21. The number of esters is 1. The third kappa shape index (κ3) is 6.62. The normalized spacial score (nSPS) is 24.2. The number of rotatable bonds is 1. The molecule has 16 heavy (non-hydrogen) atoms. The third-order valence-electron chi connectivity index (χ3n) is 2.62. The molecule has 92 valence electrons. The summed E-state index contributed by atoms with van der Waals surface area (Å²) in [6, 6.07) is 0. The van der Waals surface area contributed by atoms with Crippen LogP contribution in [-0.2, 0) is 14.3 Å². The van der Waals surface area contributed by atoms with Crippen LogP contribution < -0.4 is 0 Å². The minimum absolute atomic E-state index is 0.0445. The number of carbonyl (C=O) groups is 1. The van der Waals surface area contributed by atoms with Gasteiger partial charge in [0, 0.05) is 13.5 Å². The van der Waals surface area contributed by atoms with Gasteiger partial charge in [0.1, 0.15) is 6.10 Å². The molecule has 0 saturated heterocycles. The van der Waals surface area contributed by atoms with Crippen molar-refractivity contribution in [2.75, 3.05) is 13.2 Å². The largest absolute Gasteiger partial charge is 0.458 e. The van der Waals surface area contributed by atoms with Crippen LogP contribution in [0.15, 0.2) is 12.2 Å². The summed E-state index contributed by atoms with van der Waals surface area (Å²) in [5.74, 6) is -0.196. The lowest BCUT2D eigenvalue weighted by molar-refractivity contribution is -0.144. The zero-order valence-corrected chi connectivity index (χ0v) is 10.1. The van der Waals surface area contributed by atoms with Crippen LogP contribution >= 0.6 is 0 Å². The Morgan fingerprint density at radius 2 is 2.06 bits per heavy atom.